The smallest absolute Gasteiger partial charge is 0.238 e. The second-order valence-electron chi connectivity index (χ2n) is 5.63. The van der Waals surface area contributed by atoms with Gasteiger partial charge in [-0.05, 0) is 31.5 Å². The number of hydrogen-bond donors (Lipinski definition) is 1. The van der Waals surface area contributed by atoms with E-state index in [4.69, 9.17) is 4.74 Å². The molecule has 5 nitrogen and oxygen atoms in total. The van der Waals surface area contributed by atoms with Crippen molar-refractivity contribution in [1.29, 1.82) is 0 Å². The quantitative estimate of drug-likeness (QED) is 0.913. The van der Waals surface area contributed by atoms with Crippen LogP contribution in [0.4, 0.5) is 5.69 Å². The summed E-state index contributed by atoms with van der Waals surface area (Å²) in [6, 6.07) is 7.69. The van der Waals surface area contributed by atoms with Gasteiger partial charge in [-0.1, -0.05) is 12.5 Å². The topological polar surface area (TPSA) is 54.5 Å². The Bertz CT molecular complexity index is 645. The van der Waals surface area contributed by atoms with Crippen LogP contribution in [0.2, 0.25) is 0 Å². The van der Waals surface area contributed by atoms with Gasteiger partial charge in [0.1, 0.15) is 10.8 Å². The number of aromatic nitrogens is 1. The normalized spacial score (nSPS) is 18.6. The summed E-state index contributed by atoms with van der Waals surface area (Å²) in [5.41, 5.74) is 0.761. The molecule has 0 unspecified atom stereocenters. The fourth-order valence-electron chi connectivity index (χ4n) is 2.94. The fourth-order valence-corrected chi connectivity index (χ4v) is 3.75. The lowest BCUT2D eigenvalue weighted by Gasteiger charge is -2.33. The highest BCUT2D eigenvalue weighted by Crippen LogP contribution is 2.31. The number of anilines is 1. The van der Waals surface area contributed by atoms with Crippen molar-refractivity contribution in [2.75, 3.05) is 25.5 Å². The van der Waals surface area contributed by atoms with E-state index in [1.54, 1.807) is 18.4 Å². The molecule has 0 saturated carbocycles. The number of carbonyl (C=O) groups excluding carboxylic acids is 1. The van der Waals surface area contributed by atoms with Gasteiger partial charge in [-0.2, -0.15) is 0 Å². The molecule has 2 aromatic rings. The third-order valence-corrected chi connectivity index (χ3v) is 4.93. The van der Waals surface area contributed by atoms with Crippen LogP contribution in [0.5, 0.6) is 5.75 Å². The number of amides is 1. The maximum absolute atomic E-state index is 12.4. The number of hydrogen-bond acceptors (Lipinski definition) is 5. The minimum absolute atomic E-state index is 0.00158. The molecule has 1 saturated heterocycles. The summed E-state index contributed by atoms with van der Waals surface area (Å²) in [6.45, 7) is 1.33. The Kier molecular flexibility index (Phi) is 5.25. The van der Waals surface area contributed by atoms with Gasteiger partial charge in [0, 0.05) is 23.3 Å². The van der Waals surface area contributed by atoms with Crippen LogP contribution in [0, 0.1) is 0 Å². The molecule has 0 aliphatic carbocycles. The molecule has 1 aliphatic heterocycles. The summed E-state index contributed by atoms with van der Waals surface area (Å²) in [4.78, 5) is 19.1. The minimum atomic E-state index is 0.00158. The highest BCUT2D eigenvalue weighted by Gasteiger charge is 2.27. The minimum Gasteiger partial charge on any atom is -0.497 e. The summed E-state index contributed by atoms with van der Waals surface area (Å²) < 4.78 is 5.18. The van der Waals surface area contributed by atoms with E-state index < -0.39 is 0 Å². The molecule has 1 fully saturated rings. The molecule has 6 heteroatoms. The number of rotatable bonds is 5. The lowest BCUT2D eigenvalue weighted by molar-refractivity contribution is -0.118. The number of piperidine rings is 1. The molecule has 0 radical (unpaired) electrons. The molecule has 1 aliphatic rings. The van der Waals surface area contributed by atoms with Gasteiger partial charge >= 0.3 is 0 Å². The van der Waals surface area contributed by atoms with E-state index in [-0.39, 0.29) is 11.9 Å². The highest BCUT2D eigenvalue weighted by molar-refractivity contribution is 7.09. The van der Waals surface area contributed by atoms with Gasteiger partial charge in [-0.3, -0.25) is 9.69 Å². The number of thiazole rings is 1. The van der Waals surface area contributed by atoms with E-state index in [1.807, 2.05) is 35.8 Å². The summed E-state index contributed by atoms with van der Waals surface area (Å²) in [5, 5.41) is 6.06. The Morgan fingerprint density at radius 2 is 2.39 bits per heavy atom. The van der Waals surface area contributed by atoms with Crippen molar-refractivity contribution in [2.45, 2.75) is 25.3 Å². The number of ether oxygens (including phenoxy) is 1. The first-order chi connectivity index (χ1) is 11.3. The van der Waals surface area contributed by atoms with E-state index in [0.717, 1.165) is 35.8 Å². The first-order valence-electron chi connectivity index (χ1n) is 7.83. The maximum atomic E-state index is 12.4. The van der Waals surface area contributed by atoms with Crippen LogP contribution in [-0.2, 0) is 4.79 Å². The van der Waals surface area contributed by atoms with Gasteiger partial charge in [0.05, 0.1) is 19.7 Å². The first-order valence-corrected chi connectivity index (χ1v) is 8.71. The summed E-state index contributed by atoms with van der Waals surface area (Å²) in [7, 11) is 1.62. The highest BCUT2D eigenvalue weighted by atomic mass is 32.1. The van der Waals surface area contributed by atoms with Crippen LogP contribution in [0.25, 0.3) is 0 Å². The fraction of sp³-hybridized carbons (Fsp3) is 0.412. The number of methoxy groups -OCH3 is 1. The Morgan fingerprint density at radius 3 is 3.17 bits per heavy atom. The van der Waals surface area contributed by atoms with Crippen molar-refractivity contribution >= 4 is 22.9 Å². The molecular formula is C17H21N3O2S. The van der Waals surface area contributed by atoms with Crippen molar-refractivity contribution < 1.29 is 9.53 Å². The molecule has 1 atom stereocenters. The Labute approximate surface area is 140 Å². The molecule has 1 aromatic heterocycles. The second-order valence-corrected chi connectivity index (χ2v) is 6.56. The predicted octanol–water partition coefficient (Wildman–Crippen LogP) is 3.32. The zero-order valence-corrected chi connectivity index (χ0v) is 14.0. The van der Waals surface area contributed by atoms with Gasteiger partial charge in [0.25, 0.3) is 0 Å². The van der Waals surface area contributed by atoms with Gasteiger partial charge in [0.15, 0.2) is 0 Å². The van der Waals surface area contributed by atoms with Crippen LogP contribution in [-0.4, -0.2) is 36.0 Å². The molecule has 0 spiro atoms. The van der Waals surface area contributed by atoms with Crippen LogP contribution >= 0.6 is 11.3 Å². The van der Waals surface area contributed by atoms with E-state index in [2.05, 4.69) is 15.2 Å². The molecule has 1 aromatic carbocycles. The largest absolute Gasteiger partial charge is 0.497 e. The number of carbonyl (C=O) groups is 1. The van der Waals surface area contributed by atoms with Crippen molar-refractivity contribution in [3.8, 4) is 5.75 Å². The molecule has 2 heterocycles. The molecule has 122 valence electrons. The summed E-state index contributed by atoms with van der Waals surface area (Å²) in [6.07, 6.45) is 5.23. The van der Waals surface area contributed by atoms with Crippen molar-refractivity contribution in [3.05, 3.63) is 40.8 Å². The van der Waals surface area contributed by atoms with Gasteiger partial charge in [-0.25, -0.2) is 4.98 Å². The molecule has 23 heavy (non-hydrogen) atoms. The van der Waals surface area contributed by atoms with Crippen LogP contribution in [0.3, 0.4) is 0 Å². The van der Waals surface area contributed by atoms with Gasteiger partial charge in [-0.15, -0.1) is 11.3 Å². The Hall–Kier alpha value is -1.92. The molecule has 3 rings (SSSR count). The molecule has 0 bridgehead atoms. The second kappa shape index (κ2) is 7.57. The first kappa shape index (κ1) is 16.0. The molecular weight excluding hydrogens is 310 g/mol. The number of nitrogens with one attached hydrogen (secondary N) is 1. The van der Waals surface area contributed by atoms with Crippen molar-refractivity contribution in [1.82, 2.24) is 9.88 Å². The van der Waals surface area contributed by atoms with Crippen molar-refractivity contribution in [2.24, 2.45) is 0 Å². The predicted molar refractivity (Wildman–Crippen MR) is 91.9 cm³/mol. The van der Waals surface area contributed by atoms with Crippen LogP contribution in [0.1, 0.15) is 30.3 Å². The van der Waals surface area contributed by atoms with Crippen LogP contribution < -0.4 is 10.1 Å². The zero-order valence-electron chi connectivity index (χ0n) is 13.2. The summed E-state index contributed by atoms with van der Waals surface area (Å²) >= 11 is 1.67. The standard InChI is InChI=1S/C17H21N3O2S/c1-22-14-6-4-5-13(11-14)19-16(21)12-20-9-3-2-7-15(20)17-18-8-10-23-17/h4-6,8,10-11,15H,2-3,7,9,12H2,1H3,(H,19,21)/t15-/m1/s1. The SMILES string of the molecule is COc1cccc(NC(=O)CN2CCCC[C@@H]2c2nccs2)c1. The van der Waals surface area contributed by atoms with E-state index >= 15 is 0 Å². The molecule has 1 N–H and O–H groups in total. The van der Waals surface area contributed by atoms with E-state index in [9.17, 15) is 4.79 Å². The monoisotopic (exact) mass is 331 g/mol. The van der Waals surface area contributed by atoms with Gasteiger partial charge < -0.3 is 10.1 Å². The van der Waals surface area contributed by atoms with Gasteiger partial charge in [0.2, 0.25) is 5.91 Å². The number of nitrogens with zero attached hydrogens (tertiary/aromatic N) is 2. The Balaban J connectivity index is 1.63. The third-order valence-electron chi connectivity index (χ3n) is 4.05. The Morgan fingerprint density at radius 1 is 1.48 bits per heavy atom. The molecule has 1 amide bonds. The number of likely N-dealkylation sites (tertiary alicyclic amines) is 1. The van der Waals surface area contributed by atoms with Crippen molar-refractivity contribution in [3.63, 3.8) is 0 Å². The van der Waals surface area contributed by atoms with E-state index in [1.165, 1.54) is 6.42 Å². The van der Waals surface area contributed by atoms with Crippen LogP contribution in [0.15, 0.2) is 35.8 Å². The zero-order chi connectivity index (χ0) is 16.1. The third kappa shape index (κ3) is 4.09. The number of benzene rings is 1. The van der Waals surface area contributed by atoms with E-state index in [0.29, 0.717) is 6.54 Å². The maximum Gasteiger partial charge on any atom is 0.238 e. The summed E-state index contributed by atoms with van der Waals surface area (Å²) in [5.74, 6) is 0.739. The lowest BCUT2D eigenvalue weighted by atomic mass is 10.0. The average Bonchev–Trinajstić information content (AvgIpc) is 3.10. The lowest BCUT2D eigenvalue weighted by Crippen LogP contribution is -2.39. The average molecular weight is 331 g/mol.